The van der Waals surface area contributed by atoms with Gasteiger partial charge in [0, 0.05) is 5.56 Å². The summed E-state index contributed by atoms with van der Waals surface area (Å²) in [5.41, 5.74) is -4.57. The second-order valence-corrected chi connectivity index (χ2v) is 10.5. The lowest BCUT2D eigenvalue weighted by molar-refractivity contribution is -0.143. The van der Waals surface area contributed by atoms with Crippen molar-refractivity contribution >= 4 is 6.09 Å². The average molecular weight is 650 g/mol. The van der Waals surface area contributed by atoms with Crippen molar-refractivity contribution in [3.8, 4) is 5.75 Å². The van der Waals surface area contributed by atoms with Crippen molar-refractivity contribution in [1.29, 1.82) is 0 Å². The van der Waals surface area contributed by atoms with Crippen LogP contribution in [0.1, 0.15) is 34.0 Å². The van der Waals surface area contributed by atoms with E-state index in [0.29, 0.717) is 17.7 Å². The van der Waals surface area contributed by atoms with Gasteiger partial charge in [0.05, 0.1) is 24.3 Å². The first-order chi connectivity index (χ1) is 21.8. The highest BCUT2D eigenvalue weighted by molar-refractivity contribution is 5.73. The number of halogens is 7. The number of ether oxygens (including phenoxy) is 3. The summed E-state index contributed by atoms with van der Waals surface area (Å²) in [6, 6.07) is 22.3. The van der Waals surface area contributed by atoms with Gasteiger partial charge in [0.25, 0.3) is 0 Å². The Hall–Kier alpha value is -4.46. The van der Waals surface area contributed by atoms with Crippen LogP contribution in [0.4, 0.5) is 35.5 Å². The number of carbonyl (C=O) groups excluding carboxylic acids is 1. The molecule has 0 spiro atoms. The highest BCUT2D eigenvalue weighted by Crippen LogP contribution is 2.48. The monoisotopic (exact) mass is 649 g/mol. The highest BCUT2D eigenvalue weighted by atomic mass is 19.4. The van der Waals surface area contributed by atoms with Crippen LogP contribution in [0.25, 0.3) is 0 Å². The second kappa shape index (κ2) is 13.1. The molecule has 0 aromatic heterocycles. The van der Waals surface area contributed by atoms with Crippen molar-refractivity contribution in [3.63, 3.8) is 0 Å². The average Bonchev–Trinajstić information content (AvgIpc) is 3.32. The smallest absolute Gasteiger partial charge is 0.410 e. The molecule has 242 valence electrons. The highest BCUT2D eigenvalue weighted by Gasteiger charge is 2.59. The second-order valence-electron chi connectivity index (χ2n) is 10.5. The van der Waals surface area contributed by atoms with E-state index in [2.05, 4.69) is 0 Å². The Balaban J connectivity index is 1.50. The fourth-order valence-corrected chi connectivity index (χ4v) is 5.19. The van der Waals surface area contributed by atoms with Gasteiger partial charge in [-0.2, -0.15) is 26.3 Å². The number of alkyl halides is 6. The molecular weight excluding hydrogens is 623 g/mol. The van der Waals surface area contributed by atoms with Crippen LogP contribution in [0.15, 0.2) is 103 Å². The Morgan fingerprint density at radius 2 is 1.39 bits per heavy atom. The molecule has 0 unspecified atom stereocenters. The summed E-state index contributed by atoms with van der Waals surface area (Å²) in [6.45, 7) is -0.996. The zero-order chi connectivity index (χ0) is 33.1. The largest absolute Gasteiger partial charge is 0.418 e. The lowest BCUT2D eigenvalue weighted by atomic mass is 9.88. The summed E-state index contributed by atoms with van der Waals surface area (Å²) in [5, 5.41) is 11.5. The molecule has 6 nitrogen and oxygen atoms in total. The molecule has 0 aliphatic carbocycles. The first-order valence-electron chi connectivity index (χ1n) is 13.9. The quantitative estimate of drug-likeness (QED) is 0.156. The predicted molar refractivity (Wildman–Crippen MR) is 150 cm³/mol. The summed E-state index contributed by atoms with van der Waals surface area (Å²) in [7, 11) is 0. The van der Waals surface area contributed by atoms with E-state index in [1.165, 1.54) is 24.3 Å². The molecule has 1 aliphatic heterocycles. The van der Waals surface area contributed by atoms with Gasteiger partial charge in [0.15, 0.2) is 12.5 Å². The normalized spacial score (nSPS) is 20.1. The summed E-state index contributed by atoms with van der Waals surface area (Å²) in [6.07, 6.45) is -14.5. The zero-order valence-electron chi connectivity index (χ0n) is 23.8. The summed E-state index contributed by atoms with van der Waals surface area (Å²) in [5.74, 6) is -0.476. The minimum atomic E-state index is -5.03. The van der Waals surface area contributed by atoms with Crippen molar-refractivity contribution in [1.82, 2.24) is 4.90 Å². The molecule has 1 amide bonds. The zero-order valence-corrected chi connectivity index (χ0v) is 23.8. The SMILES string of the molecule is O=C(Oc1ccccc1)N1[C@@H](c2ccccc2)O[C@@H](O)[C@]1(COCCc1cc(C(F)(F)F)cc(C(F)(F)F)c1)c1ccc(F)cc1. The van der Waals surface area contributed by atoms with E-state index in [-0.39, 0.29) is 29.4 Å². The number of para-hydroxylation sites is 1. The molecule has 3 atom stereocenters. The minimum absolute atomic E-state index is 0.0278. The number of amides is 1. The van der Waals surface area contributed by atoms with E-state index >= 15 is 0 Å². The Morgan fingerprint density at radius 3 is 1.96 bits per heavy atom. The molecule has 5 rings (SSSR count). The van der Waals surface area contributed by atoms with Crippen LogP contribution >= 0.6 is 0 Å². The van der Waals surface area contributed by atoms with Gasteiger partial charge in [-0.1, -0.05) is 60.7 Å². The van der Waals surface area contributed by atoms with Crippen LogP contribution in [0.3, 0.4) is 0 Å². The first-order valence-corrected chi connectivity index (χ1v) is 13.9. The molecule has 1 fully saturated rings. The number of carbonyl (C=O) groups is 1. The lowest BCUT2D eigenvalue weighted by Gasteiger charge is -2.39. The molecule has 4 aromatic rings. The fourth-order valence-electron chi connectivity index (χ4n) is 5.19. The Kier molecular flexibility index (Phi) is 9.38. The van der Waals surface area contributed by atoms with E-state index in [1.807, 2.05) is 0 Å². The van der Waals surface area contributed by atoms with Gasteiger partial charge in [-0.15, -0.1) is 0 Å². The molecule has 0 radical (unpaired) electrons. The number of aliphatic hydroxyl groups excluding tert-OH is 1. The molecule has 13 heteroatoms. The van der Waals surface area contributed by atoms with Crippen LogP contribution in [-0.2, 0) is 33.8 Å². The lowest BCUT2D eigenvalue weighted by Crippen LogP contribution is -2.55. The summed E-state index contributed by atoms with van der Waals surface area (Å²) >= 11 is 0. The maximum Gasteiger partial charge on any atom is 0.418 e. The number of nitrogens with zero attached hydrogens (tertiary/aromatic N) is 1. The third kappa shape index (κ3) is 7.01. The fraction of sp³-hybridized carbons (Fsp3) is 0.242. The predicted octanol–water partition coefficient (Wildman–Crippen LogP) is 7.87. The van der Waals surface area contributed by atoms with Crippen LogP contribution in [0, 0.1) is 5.82 Å². The molecule has 4 aromatic carbocycles. The maximum atomic E-state index is 14.0. The van der Waals surface area contributed by atoms with Crippen molar-refractivity contribution < 1.29 is 54.8 Å². The third-order valence-corrected chi connectivity index (χ3v) is 7.41. The van der Waals surface area contributed by atoms with Crippen LogP contribution in [0.2, 0.25) is 0 Å². The molecule has 46 heavy (non-hydrogen) atoms. The maximum absolute atomic E-state index is 14.0. The van der Waals surface area contributed by atoms with Crippen molar-refractivity contribution in [2.45, 2.75) is 36.8 Å². The van der Waals surface area contributed by atoms with E-state index < -0.39 is 66.7 Å². The van der Waals surface area contributed by atoms with Gasteiger partial charge in [0.1, 0.15) is 17.1 Å². The van der Waals surface area contributed by atoms with E-state index in [4.69, 9.17) is 14.2 Å². The van der Waals surface area contributed by atoms with Gasteiger partial charge in [-0.3, -0.25) is 4.90 Å². The Morgan fingerprint density at radius 1 is 0.826 bits per heavy atom. The van der Waals surface area contributed by atoms with E-state index in [0.717, 1.165) is 17.0 Å². The minimum Gasteiger partial charge on any atom is -0.410 e. The van der Waals surface area contributed by atoms with Gasteiger partial charge < -0.3 is 19.3 Å². The Labute approximate surface area is 258 Å². The van der Waals surface area contributed by atoms with Crippen LogP contribution in [-0.4, -0.2) is 35.6 Å². The van der Waals surface area contributed by atoms with Crippen LogP contribution < -0.4 is 4.74 Å². The summed E-state index contributed by atoms with van der Waals surface area (Å²) < 4.78 is 112. The number of hydrogen-bond donors (Lipinski definition) is 1. The molecule has 0 saturated carbocycles. The third-order valence-electron chi connectivity index (χ3n) is 7.41. The van der Waals surface area contributed by atoms with Gasteiger partial charge in [-0.05, 0) is 60.0 Å². The molecular formula is C33H26F7NO5. The molecule has 1 heterocycles. The number of aliphatic hydroxyl groups is 1. The topological polar surface area (TPSA) is 68.2 Å². The number of hydrogen-bond acceptors (Lipinski definition) is 5. The number of rotatable bonds is 8. The number of benzene rings is 4. The van der Waals surface area contributed by atoms with E-state index in [1.54, 1.807) is 48.5 Å². The van der Waals surface area contributed by atoms with Crippen LogP contribution in [0.5, 0.6) is 5.75 Å². The van der Waals surface area contributed by atoms with Gasteiger partial charge in [0.2, 0.25) is 0 Å². The van der Waals surface area contributed by atoms with E-state index in [9.17, 15) is 40.6 Å². The standard InChI is InChI=1S/C33H26F7NO5/c34-26-13-11-23(12-14-26)31(20-44-16-15-21-17-24(32(35,36)37)19-25(18-21)33(38,39)40)29(42)46-28(22-7-3-1-4-8-22)41(31)30(43)45-27-9-5-2-6-10-27/h1-14,17-19,28-29,42H,15-16,20H2/t28-,29-,31+/m1/s1. The molecule has 0 bridgehead atoms. The summed E-state index contributed by atoms with van der Waals surface area (Å²) in [4.78, 5) is 15.0. The first kappa shape index (κ1) is 32.9. The van der Waals surface area contributed by atoms with Crippen molar-refractivity contribution in [2.24, 2.45) is 0 Å². The Bertz CT molecular complexity index is 1600. The molecule has 1 N–H and O–H groups in total. The van der Waals surface area contributed by atoms with Gasteiger partial charge in [-0.25, -0.2) is 9.18 Å². The van der Waals surface area contributed by atoms with Crippen molar-refractivity contribution in [2.75, 3.05) is 13.2 Å². The molecule has 1 saturated heterocycles. The van der Waals surface area contributed by atoms with Gasteiger partial charge >= 0.3 is 18.4 Å². The van der Waals surface area contributed by atoms with Crippen molar-refractivity contribution in [3.05, 3.63) is 137 Å². The molecule has 1 aliphatic rings.